The Kier molecular flexibility index (Phi) is 2.62. The third-order valence-electron chi connectivity index (χ3n) is 2.20. The highest BCUT2D eigenvalue weighted by Crippen LogP contribution is 2.16. The topological polar surface area (TPSA) is 54.5 Å². The summed E-state index contributed by atoms with van der Waals surface area (Å²) < 4.78 is 22.1. The van der Waals surface area contributed by atoms with E-state index in [9.17, 15) is 13.2 Å². The number of hydrogen-bond donors (Lipinski definition) is 0. The van der Waals surface area contributed by atoms with Gasteiger partial charge in [0.2, 0.25) is 0 Å². The Balaban J connectivity index is 2.68. The minimum absolute atomic E-state index is 0.0386. The van der Waals surface area contributed by atoms with Crippen LogP contribution in [0.25, 0.3) is 0 Å². The van der Waals surface area contributed by atoms with Crippen LogP contribution in [0.4, 0.5) is 0 Å². The van der Waals surface area contributed by atoms with Gasteiger partial charge in [0.1, 0.15) is 0 Å². The lowest BCUT2D eigenvalue weighted by atomic mass is 10.2. The molecule has 5 heteroatoms. The maximum Gasteiger partial charge on any atom is 0.298 e. The largest absolute Gasteiger partial charge is 0.331 e. The van der Waals surface area contributed by atoms with E-state index in [2.05, 4.69) is 0 Å². The first-order chi connectivity index (χ1) is 5.96. The summed E-state index contributed by atoms with van der Waals surface area (Å²) in [5.74, 6) is 1.70. The second kappa shape index (κ2) is 3.38. The van der Waals surface area contributed by atoms with Crippen molar-refractivity contribution in [2.75, 3.05) is 18.6 Å². The van der Waals surface area contributed by atoms with Gasteiger partial charge in [-0.15, -0.1) is 6.42 Å². The molecule has 1 unspecified atom stereocenters. The zero-order valence-corrected chi connectivity index (χ0v) is 8.17. The highest BCUT2D eigenvalue weighted by Gasteiger charge is 2.32. The predicted octanol–water partition coefficient (Wildman–Crippen LogP) is -0.735. The summed E-state index contributed by atoms with van der Waals surface area (Å²) in [6, 6.07) is -0.242. The fourth-order valence-electron chi connectivity index (χ4n) is 1.35. The van der Waals surface area contributed by atoms with Gasteiger partial charge in [0, 0.05) is 13.1 Å². The first-order valence-electron chi connectivity index (χ1n) is 3.90. The maximum atomic E-state index is 11.1. The minimum atomic E-state index is -2.94. The van der Waals surface area contributed by atoms with Gasteiger partial charge in [-0.05, 0) is 12.3 Å². The van der Waals surface area contributed by atoms with Crippen LogP contribution in [0.3, 0.4) is 0 Å². The van der Waals surface area contributed by atoms with E-state index in [-0.39, 0.29) is 17.5 Å². The molecule has 4 nitrogen and oxygen atoms in total. The van der Waals surface area contributed by atoms with Crippen LogP contribution in [-0.4, -0.2) is 43.8 Å². The van der Waals surface area contributed by atoms with Crippen LogP contribution in [0.15, 0.2) is 0 Å². The van der Waals surface area contributed by atoms with Gasteiger partial charge < -0.3 is 4.90 Å². The maximum absolute atomic E-state index is 11.1. The molecule has 0 radical (unpaired) electrons. The lowest BCUT2D eigenvalue weighted by Gasteiger charge is -2.20. The molecule has 0 N–H and O–H groups in total. The first-order valence-corrected chi connectivity index (χ1v) is 5.72. The molecule has 1 fully saturated rings. The standard InChI is InChI=1S/C8H11NO3S/c1-3-8(10)9(2)7-4-5-13(11,12)6-7/h1,7H,4-6H2,2H3. The summed E-state index contributed by atoms with van der Waals surface area (Å²) in [7, 11) is -1.41. The molecule has 0 aromatic carbocycles. The number of carbonyl (C=O) groups excluding carboxylic acids is 1. The number of nitrogens with zero attached hydrogens (tertiary/aromatic N) is 1. The average molecular weight is 201 g/mol. The lowest BCUT2D eigenvalue weighted by molar-refractivity contribution is -0.125. The van der Waals surface area contributed by atoms with Gasteiger partial charge in [-0.2, -0.15) is 0 Å². The summed E-state index contributed by atoms with van der Waals surface area (Å²) in [4.78, 5) is 12.3. The quantitative estimate of drug-likeness (QED) is 0.525. The third-order valence-corrected chi connectivity index (χ3v) is 3.95. The monoisotopic (exact) mass is 201 g/mol. The van der Waals surface area contributed by atoms with Crippen LogP contribution in [0.5, 0.6) is 0 Å². The molecular weight excluding hydrogens is 190 g/mol. The van der Waals surface area contributed by atoms with Crippen molar-refractivity contribution in [3.63, 3.8) is 0 Å². The minimum Gasteiger partial charge on any atom is -0.331 e. The molecule has 0 saturated carbocycles. The van der Waals surface area contributed by atoms with E-state index in [1.54, 1.807) is 0 Å². The Morgan fingerprint density at radius 2 is 2.23 bits per heavy atom. The highest BCUT2D eigenvalue weighted by molar-refractivity contribution is 7.91. The molecule has 1 saturated heterocycles. The molecule has 1 rings (SSSR count). The van der Waals surface area contributed by atoms with Crippen molar-refractivity contribution in [1.82, 2.24) is 4.90 Å². The van der Waals surface area contributed by atoms with Crippen molar-refractivity contribution in [3.8, 4) is 12.3 Å². The van der Waals surface area contributed by atoms with E-state index in [4.69, 9.17) is 6.42 Å². The number of terminal acetylenes is 1. The smallest absolute Gasteiger partial charge is 0.298 e. The van der Waals surface area contributed by atoms with E-state index in [0.717, 1.165) is 0 Å². The molecule has 1 heterocycles. The zero-order valence-electron chi connectivity index (χ0n) is 7.36. The fourth-order valence-corrected chi connectivity index (χ4v) is 3.12. The van der Waals surface area contributed by atoms with Gasteiger partial charge in [-0.3, -0.25) is 4.79 Å². The lowest BCUT2D eigenvalue weighted by Crippen LogP contribution is -2.36. The molecule has 72 valence electrons. The van der Waals surface area contributed by atoms with Crippen LogP contribution >= 0.6 is 0 Å². The summed E-state index contributed by atoms with van der Waals surface area (Å²) in [6.45, 7) is 0. The van der Waals surface area contributed by atoms with E-state index in [1.165, 1.54) is 11.9 Å². The van der Waals surface area contributed by atoms with E-state index < -0.39 is 15.7 Å². The SMILES string of the molecule is C#CC(=O)N(C)C1CCS(=O)(=O)C1. The first kappa shape index (κ1) is 10.1. The van der Waals surface area contributed by atoms with Gasteiger partial charge in [-0.25, -0.2) is 8.42 Å². The zero-order chi connectivity index (χ0) is 10.1. The van der Waals surface area contributed by atoms with E-state index in [0.29, 0.717) is 6.42 Å². The highest BCUT2D eigenvalue weighted by atomic mass is 32.2. The molecule has 13 heavy (non-hydrogen) atoms. The Morgan fingerprint density at radius 1 is 1.62 bits per heavy atom. The average Bonchev–Trinajstić information content (AvgIpc) is 2.43. The molecule has 0 bridgehead atoms. The fraction of sp³-hybridized carbons (Fsp3) is 0.625. The molecule has 1 aliphatic heterocycles. The predicted molar refractivity (Wildman–Crippen MR) is 48.7 cm³/mol. The Hall–Kier alpha value is -1.02. The molecule has 0 aliphatic carbocycles. The van der Waals surface area contributed by atoms with Crippen molar-refractivity contribution < 1.29 is 13.2 Å². The molecular formula is C8H11NO3S. The van der Waals surface area contributed by atoms with Crippen LogP contribution < -0.4 is 0 Å². The molecule has 0 aromatic heterocycles. The number of amides is 1. The van der Waals surface area contributed by atoms with Gasteiger partial charge in [0.15, 0.2) is 9.84 Å². The number of carbonyl (C=O) groups is 1. The Bertz CT molecular complexity index is 352. The van der Waals surface area contributed by atoms with Crippen LogP contribution in [0.2, 0.25) is 0 Å². The molecule has 0 aromatic rings. The van der Waals surface area contributed by atoms with Crippen molar-refractivity contribution in [1.29, 1.82) is 0 Å². The molecule has 1 amide bonds. The van der Waals surface area contributed by atoms with Crippen molar-refractivity contribution in [2.45, 2.75) is 12.5 Å². The molecule has 0 spiro atoms. The summed E-state index contributed by atoms with van der Waals surface area (Å²) in [5.41, 5.74) is 0. The molecule has 1 aliphatic rings. The van der Waals surface area contributed by atoms with E-state index >= 15 is 0 Å². The van der Waals surface area contributed by atoms with Crippen molar-refractivity contribution in [3.05, 3.63) is 0 Å². The number of hydrogen-bond acceptors (Lipinski definition) is 3. The van der Waals surface area contributed by atoms with Gasteiger partial charge in [-0.1, -0.05) is 0 Å². The summed E-state index contributed by atoms with van der Waals surface area (Å²) in [5, 5.41) is 0. The van der Waals surface area contributed by atoms with Gasteiger partial charge >= 0.3 is 0 Å². The third kappa shape index (κ3) is 2.22. The summed E-state index contributed by atoms with van der Waals surface area (Å²) >= 11 is 0. The Morgan fingerprint density at radius 3 is 2.62 bits per heavy atom. The van der Waals surface area contributed by atoms with Gasteiger partial charge in [0.05, 0.1) is 11.5 Å². The van der Waals surface area contributed by atoms with Crippen LogP contribution in [0, 0.1) is 12.3 Å². The Labute approximate surface area is 77.8 Å². The van der Waals surface area contributed by atoms with Crippen molar-refractivity contribution >= 4 is 15.7 Å². The second-order valence-electron chi connectivity index (χ2n) is 3.12. The van der Waals surface area contributed by atoms with Gasteiger partial charge in [0.25, 0.3) is 5.91 Å². The number of rotatable bonds is 1. The number of sulfone groups is 1. The van der Waals surface area contributed by atoms with Crippen LogP contribution in [-0.2, 0) is 14.6 Å². The molecule has 1 atom stereocenters. The van der Waals surface area contributed by atoms with E-state index in [1.807, 2.05) is 5.92 Å². The normalized spacial score (nSPS) is 25.1. The summed E-state index contributed by atoms with van der Waals surface area (Å²) in [6.07, 6.45) is 5.41. The second-order valence-corrected chi connectivity index (χ2v) is 5.35. The van der Waals surface area contributed by atoms with Crippen molar-refractivity contribution in [2.24, 2.45) is 0 Å². The van der Waals surface area contributed by atoms with Crippen LogP contribution in [0.1, 0.15) is 6.42 Å².